The van der Waals surface area contributed by atoms with Crippen LogP contribution in [0.5, 0.6) is 5.88 Å². The highest BCUT2D eigenvalue weighted by atomic mass is 79.9. The maximum absolute atomic E-state index is 10.9. The molecule has 0 aliphatic heterocycles. The van der Waals surface area contributed by atoms with Gasteiger partial charge in [0.1, 0.15) is 0 Å². The minimum Gasteiger partial charge on any atom is -0.449 e. The van der Waals surface area contributed by atoms with Gasteiger partial charge in [-0.2, -0.15) is 0 Å². The first-order valence-corrected chi connectivity index (χ1v) is 7.07. The number of carbonyl (C=O) groups is 1. The van der Waals surface area contributed by atoms with Gasteiger partial charge in [-0.3, -0.25) is 4.98 Å². The van der Waals surface area contributed by atoms with Gasteiger partial charge in [-0.1, -0.05) is 17.7 Å². The largest absolute Gasteiger partial charge is 0.512 e. The molecule has 0 radical (unpaired) electrons. The molecule has 0 spiro atoms. The fraction of sp³-hybridized carbons (Fsp3) is 0. The molecule has 0 saturated carbocycles. The molecule has 0 bridgehead atoms. The molecule has 7 heteroatoms. The predicted molar refractivity (Wildman–Crippen MR) is 82.9 cm³/mol. The number of hydrogen-bond acceptors (Lipinski definition) is 3. The summed E-state index contributed by atoms with van der Waals surface area (Å²) in [7, 11) is 0. The van der Waals surface area contributed by atoms with E-state index in [1.165, 1.54) is 0 Å². The predicted octanol–water partition coefficient (Wildman–Crippen LogP) is 4.70. The first-order chi connectivity index (χ1) is 10.1. The average Bonchev–Trinajstić information content (AvgIpc) is 2.82. The number of carboxylic acid groups (broad SMARTS) is 1. The molecule has 0 aliphatic carbocycles. The number of aromatic amines is 1. The number of nitrogens with one attached hydrogen (secondary N) is 1. The maximum atomic E-state index is 10.9. The summed E-state index contributed by atoms with van der Waals surface area (Å²) in [6, 6.07) is 8.81. The zero-order valence-electron chi connectivity index (χ0n) is 10.4. The Labute approximate surface area is 132 Å². The summed E-state index contributed by atoms with van der Waals surface area (Å²) in [4.78, 5) is 18.1. The quantitative estimate of drug-likeness (QED) is 0.644. The van der Waals surface area contributed by atoms with Crippen molar-refractivity contribution in [2.75, 3.05) is 0 Å². The lowest BCUT2D eigenvalue weighted by Gasteiger charge is -2.04. The van der Waals surface area contributed by atoms with Gasteiger partial charge >= 0.3 is 6.16 Å². The van der Waals surface area contributed by atoms with Gasteiger partial charge in [-0.25, -0.2) is 4.79 Å². The lowest BCUT2D eigenvalue weighted by atomic mass is 10.1. The Morgan fingerprint density at radius 3 is 2.81 bits per heavy atom. The van der Waals surface area contributed by atoms with Crippen LogP contribution in [0.25, 0.3) is 22.2 Å². The number of aromatic nitrogens is 2. The summed E-state index contributed by atoms with van der Waals surface area (Å²) in [6.45, 7) is 0. The van der Waals surface area contributed by atoms with E-state index in [0.717, 1.165) is 5.39 Å². The van der Waals surface area contributed by atoms with Crippen LogP contribution in [0, 0.1) is 0 Å². The Bertz CT molecular complexity index is 833. The van der Waals surface area contributed by atoms with Crippen LogP contribution in [0.15, 0.2) is 41.0 Å². The van der Waals surface area contributed by atoms with Gasteiger partial charge in [0.15, 0.2) is 0 Å². The Morgan fingerprint density at radius 1 is 1.33 bits per heavy atom. The number of hydrogen-bond donors (Lipinski definition) is 2. The summed E-state index contributed by atoms with van der Waals surface area (Å²) in [5.74, 6) is 0.110. The fourth-order valence-corrected chi connectivity index (χ4v) is 2.82. The van der Waals surface area contributed by atoms with E-state index in [1.807, 2.05) is 6.07 Å². The highest BCUT2D eigenvalue weighted by molar-refractivity contribution is 9.10. The molecule has 3 aromatic rings. The van der Waals surface area contributed by atoms with Gasteiger partial charge in [0.2, 0.25) is 5.88 Å². The van der Waals surface area contributed by atoms with Gasteiger partial charge in [0.05, 0.1) is 21.8 Å². The van der Waals surface area contributed by atoms with E-state index in [1.54, 1.807) is 30.5 Å². The number of rotatable bonds is 2. The minimum absolute atomic E-state index is 0.110. The van der Waals surface area contributed by atoms with E-state index in [4.69, 9.17) is 21.4 Å². The summed E-state index contributed by atoms with van der Waals surface area (Å²) in [5, 5.41) is 10.1. The Morgan fingerprint density at radius 2 is 2.14 bits per heavy atom. The number of benzene rings is 1. The first-order valence-electron chi connectivity index (χ1n) is 5.90. The van der Waals surface area contributed by atoms with Crippen molar-refractivity contribution in [1.82, 2.24) is 9.97 Å². The third-order valence-corrected chi connectivity index (χ3v) is 4.30. The molecule has 0 unspecified atom stereocenters. The summed E-state index contributed by atoms with van der Waals surface area (Å²) in [6.07, 6.45) is 0.220. The highest BCUT2D eigenvalue weighted by Crippen LogP contribution is 2.42. The number of ether oxygens (including phenoxy) is 1. The molecular weight excluding hydrogens is 360 g/mol. The molecule has 0 fully saturated rings. The molecule has 2 heterocycles. The van der Waals surface area contributed by atoms with Gasteiger partial charge in [0.25, 0.3) is 0 Å². The van der Waals surface area contributed by atoms with Crippen molar-refractivity contribution in [3.63, 3.8) is 0 Å². The molecular formula is C14H8BrClN2O3. The summed E-state index contributed by atoms with van der Waals surface area (Å²) >= 11 is 9.55. The fourth-order valence-electron chi connectivity index (χ4n) is 2.12. The number of H-pyrrole nitrogens is 1. The third-order valence-electron chi connectivity index (χ3n) is 2.93. The van der Waals surface area contributed by atoms with Crippen LogP contribution < -0.4 is 4.74 Å². The van der Waals surface area contributed by atoms with Crippen molar-refractivity contribution in [2.45, 2.75) is 0 Å². The molecule has 3 rings (SSSR count). The van der Waals surface area contributed by atoms with Crippen LogP contribution in [0.4, 0.5) is 4.79 Å². The minimum atomic E-state index is -1.40. The molecule has 5 nitrogen and oxygen atoms in total. The smallest absolute Gasteiger partial charge is 0.449 e. The summed E-state index contributed by atoms with van der Waals surface area (Å²) in [5.41, 5.74) is 1.83. The SMILES string of the molecule is O=C(O)Oc1[nH]c2ccc(Cl)c(Br)c2c1-c1ccccn1. The van der Waals surface area contributed by atoms with Crippen LogP contribution in [0.1, 0.15) is 0 Å². The second-order valence-electron chi connectivity index (χ2n) is 4.20. The Balaban J connectivity index is 2.37. The maximum Gasteiger partial charge on any atom is 0.512 e. The van der Waals surface area contributed by atoms with Crippen LogP contribution in [0.2, 0.25) is 5.02 Å². The lowest BCUT2D eigenvalue weighted by molar-refractivity contribution is 0.143. The zero-order chi connectivity index (χ0) is 15.0. The van der Waals surface area contributed by atoms with E-state index < -0.39 is 6.16 Å². The summed E-state index contributed by atoms with van der Waals surface area (Å²) < 4.78 is 5.49. The number of nitrogens with zero attached hydrogens (tertiary/aromatic N) is 1. The average molecular weight is 368 g/mol. The molecule has 0 saturated heterocycles. The number of halogens is 2. The van der Waals surface area contributed by atoms with Gasteiger partial charge in [-0.15, -0.1) is 0 Å². The third kappa shape index (κ3) is 2.48. The van der Waals surface area contributed by atoms with Crippen molar-refractivity contribution in [2.24, 2.45) is 0 Å². The van der Waals surface area contributed by atoms with Crippen molar-refractivity contribution in [1.29, 1.82) is 0 Å². The van der Waals surface area contributed by atoms with Gasteiger partial charge in [0, 0.05) is 16.1 Å². The Kier molecular flexibility index (Phi) is 3.57. The van der Waals surface area contributed by atoms with Crippen molar-refractivity contribution in [3.05, 3.63) is 46.0 Å². The second-order valence-corrected chi connectivity index (χ2v) is 5.40. The molecule has 0 atom stereocenters. The van der Waals surface area contributed by atoms with E-state index in [0.29, 0.717) is 26.3 Å². The first kappa shape index (κ1) is 13.9. The normalized spacial score (nSPS) is 10.8. The number of fused-ring (bicyclic) bond motifs is 1. The Hall–Kier alpha value is -2.05. The molecule has 106 valence electrons. The zero-order valence-corrected chi connectivity index (χ0v) is 12.8. The van der Waals surface area contributed by atoms with Crippen LogP contribution in [-0.4, -0.2) is 21.2 Å². The lowest BCUT2D eigenvalue weighted by Crippen LogP contribution is -2.04. The van der Waals surface area contributed by atoms with Gasteiger partial charge < -0.3 is 14.8 Å². The second kappa shape index (κ2) is 5.38. The molecule has 21 heavy (non-hydrogen) atoms. The number of pyridine rings is 1. The topological polar surface area (TPSA) is 75.2 Å². The van der Waals surface area contributed by atoms with Gasteiger partial charge in [-0.05, 0) is 40.2 Å². The van der Waals surface area contributed by atoms with E-state index >= 15 is 0 Å². The van der Waals surface area contributed by atoms with E-state index in [9.17, 15) is 4.79 Å². The van der Waals surface area contributed by atoms with E-state index in [-0.39, 0.29) is 5.88 Å². The molecule has 1 aromatic carbocycles. The van der Waals surface area contributed by atoms with Crippen LogP contribution in [0.3, 0.4) is 0 Å². The monoisotopic (exact) mass is 366 g/mol. The molecule has 2 aromatic heterocycles. The van der Waals surface area contributed by atoms with Crippen LogP contribution in [-0.2, 0) is 0 Å². The van der Waals surface area contributed by atoms with Crippen LogP contribution >= 0.6 is 27.5 Å². The molecule has 2 N–H and O–H groups in total. The van der Waals surface area contributed by atoms with E-state index in [2.05, 4.69) is 25.9 Å². The van der Waals surface area contributed by atoms with Crippen molar-refractivity contribution >= 4 is 44.6 Å². The van der Waals surface area contributed by atoms with Crippen molar-refractivity contribution in [3.8, 4) is 17.1 Å². The molecule has 0 aliphatic rings. The van der Waals surface area contributed by atoms with Crippen molar-refractivity contribution < 1.29 is 14.6 Å². The molecule has 0 amide bonds. The standard InChI is InChI=1S/C14H8BrClN2O3/c15-12-7(16)4-5-9-10(12)11(8-3-1-2-6-17-8)13(18-9)21-14(19)20/h1-6,18H,(H,19,20). The highest BCUT2D eigenvalue weighted by Gasteiger charge is 2.21.